The predicted octanol–water partition coefficient (Wildman–Crippen LogP) is 3.75. The van der Waals surface area contributed by atoms with Gasteiger partial charge in [0.2, 0.25) is 10.0 Å². The highest BCUT2D eigenvalue weighted by Crippen LogP contribution is 2.30. The minimum Gasteiger partial charge on any atom is -0.385 e. The molecule has 0 fully saturated rings. The van der Waals surface area contributed by atoms with Crippen LogP contribution >= 0.6 is 11.9 Å². The van der Waals surface area contributed by atoms with Crippen LogP contribution in [0.4, 0.5) is 5.69 Å². The highest BCUT2D eigenvalue weighted by atomic mass is 32.2. The lowest BCUT2D eigenvalue weighted by molar-refractivity contribution is 0.566. The average Bonchev–Trinajstić information content (AvgIpc) is 3.09. The highest BCUT2D eigenvalue weighted by Gasteiger charge is 2.15. The fraction of sp³-hybridized carbons (Fsp3) is 0.625. The number of nitrogens with one attached hydrogen (secondary N) is 2. The van der Waals surface area contributed by atoms with Crippen molar-refractivity contribution in [3.63, 3.8) is 0 Å². The lowest BCUT2D eigenvalue weighted by Crippen LogP contribution is -2.31. The summed E-state index contributed by atoms with van der Waals surface area (Å²) in [7, 11) is -3.13. The van der Waals surface area contributed by atoms with E-state index in [1.807, 2.05) is 0 Å². The molecule has 1 aliphatic rings. The van der Waals surface area contributed by atoms with Gasteiger partial charge in [0.1, 0.15) is 6.04 Å². The van der Waals surface area contributed by atoms with Gasteiger partial charge in [-0.3, -0.25) is 0 Å². The summed E-state index contributed by atoms with van der Waals surface area (Å²) in [5.74, 6) is 0.924. The molecule has 0 bridgehead atoms. The zero-order valence-electron chi connectivity index (χ0n) is 14.2. The fourth-order valence-electron chi connectivity index (χ4n) is 2.25. The van der Waals surface area contributed by atoms with E-state index in [4.69, 9.17) is 0 Å². The molecule has 0 aliphatic carbocycles. The number of benzene rings is 1. The second-order valence-corrected chi connectivity index (χ2v) is 9.18. The summed E-state index contributed by atoms with van der Waals surface area (Å²) >= 11 is 1.51. The Bertz CT molecular complexity index is 630. The van der Waals surface area contributed by atoms with E-state index in [-0.39, 0.29) is 11.3 Å². The van der Waals surface area contributed by atoms with Crippen molar-refractivity contribution < 1.29 is 8.42 Å². The molecule has 1 atom stereocenters. The standard InChI is InChI=1S/C16H26N4O2S2/c1-13(2)24(21,22)18-11-5-3-4-10-17-15-8-6-14(7-9-15)16-12-23-20-19-16/h6-9,13,16-18H,3-5,10-12H2,1-2H3. The monoisotopic (exact) mass is 370 g/mol. The predicted molar refractivity (Wildman–Crippen MR) is 101 cm³/mol. The van der Waals surface area contributed by atoms with E-state index >= 15 is 0 Å². The molecule has 0 saturated carbocycles. The van der Waals surface area contributed by atoms with E-state index in [9.17, 15) is 8.42 Å². The molecular weight excluding hydrogens is 344 g/mol. The molecule has 2 N–H and O–H groups in total. The molecule has 6 nitrogen and oxygen atoms in total. The normalized spacial score (nSPS) is 17.5. The number of anilines is 1. The van der Waals surface area contributed by atoms with Crippen LogP contribution < -0.4 is 10.0 Å². The van der Waals surface area contributed by atoms with E-state index in [1.165, 1.54) is 17.5 Å². The largest absolute Gasteiger partial charge is 0.385 e. The maximum Gasteiger partial charge on any atom is 0.213 e. The summed E-state index contributed by atoms with van der Waals surface area (Å²) in [5, 5.41) is 7.21. The molecule has 0 radical (unpaired) electrons. The van der Waals surface area contributed by atoms with Gasteiger partial charge in [0, 0.05) is 24.5 Å². The van der Waals surface area contributed by atoms with Crippen molar-refractivity contribution in [1.29, 1.82) is 0 Å². The lowest BCUT2D eigenvalue weighted by atomic mass is 10.1. The summed E-state index contributed by atoms with van der Waals surface area (Å²) in [4.78, 5) is 0. The average molecular weight is 371 g/mol. The van der Waals surface area contributed by atoms with Crippen LogP contribution in [-0.4, -0.2) is 32.5 Å². The molecule has 1 aromatic rings. The van der Waals surface area contributed by atoms with Crippen LogP contribution in [0.1, 0.15) is 44.7 Å². The third-order valence-electron chi connectivity index (χ3n) is 3.88. The molecule has 0 saturated heterocycles. The molecular formula is C16H26N4O2S2. The van der Waals surface area contributed by atoms with Crippen molar-refractivity contribution in [2.75, 3.05) is 24.2 Å². The molecule has 1 heterocycles. The van der Waals surface area contributed by atoms with Crippen molar-refractivity contribution in [1.82, 2.24) is 4.72 Å². The summed E-state index contributed by atoms with van der Waals surface area (Å²) in [6, 6.07) is 8.53. The Labute approximate surface area is 149 Å². The molecule has 2 rings (SSSR count). The van der Waals surface area contributed by atoms with Gasteiger partial charge in [-0.25, -0.2) is 13.1 Å². The Hall–Kier alpha value is -1.12. The molecule has 1 aromatic carbocycles. The molecule has 0 aromatic heterocycles. The molecule has 8 heteroatoms. The Morgan fingerprint density at radius 3 is 2.50 bits per heavy atom. The molecule has 1 unspecified atom stereocenters. The van der Waals surface area contributed by atoms with E-state index in [0.29, 0.717) is 6.54 Å². The first-order valence-corrected chi connectivity index (χ1v) is 10.8. The Morgan fingerprint density at radius 2 is 1.88 bits per heavy atom. The lowest BCUT2D eigenvalue weighted by Gasteiger charge is -2.10. The number of hydrogen-bond donors (Lipinski definition) is 2. The van der Waals surface area contributed by atoms with Crippen molar-refractivity contribution >= 4 is 27.7 Å². The summed E-state index contributed by atoms with van der Waals surface area (Å²) in [6.07, 6.45) is 2.86. The van der Waals surface area contributed by atoms with Gasteiger partial charge in [0.25, 0.3) is 0 Å². The number of hydrogen-bond acceptors (Lipinski definition) is 6. The Balaban J connectivity index is 1.58. The topological polar surface area (TPSA) is 82.9 Å². The zero-order chi connectivity index (χ0) is 17.4. The molecule has 24 heavy (non-hydrogen) atoms. The third kappa shape index (κ3) is 6.07. The number of rotatable bonds is 10. The maximum atomic E-state index is 11.6. The van der Waals surface area contributed by atoms with Crippen LogP contribution in [0.5, 0.6) is 0 Å². The van der Waals surface area contributed by atoms with E-state index in [1.54, 1.807) is 13.8 Å². The minimum atomic E-state index is -3.13. The van der Waals surface area contributed by atoms with Crippen LogP contribution in [-0.2, 0) is 10.0 Å². The summed E-state index contributed by atoms with van der Waals surface area (Å²) < 4.78 is 29.8. The van der Waals surface area contributed by atoms with Crippen LogP contribution in [0.3, 0.4) is 0 Å². The number of unbranched alkanes of at least 4 members (excludes halogenated alkanes) is 2. The second kappa shape index (κ2) is 9.39. The van der Waals surface area contributed by atoms with Gasteiger partial charge in [-0.1, -0.05) is 18.6 Å². The van der Waals surface area contributed by atoms with Crippen molar-refractivity contribution in [3.05, 3.63) is 29.8 Å². The third-order valence-corrected chi connectivity index (χ3v) is 6.40. The first kappa shape index (κ1) is 19.2. The summed E-state index contributed by atoms with van der Waals surface area (Å²) in [6.45, 7) is 4.77. The molecule has 1 aliphatic heterocycles. The first-order valence-electron chi connectivity index (χ1n) is 8.33. The molecule has 0 amide bonds. The van der Waals surface area contributed by atoms with E-state index < -0.39 is 10.0 Å². The first-order chi connectivity index (χ1) is 11.5. The van der Waals surface area contributed by atoms with E-state index in [0.717, 1.165) is 37.2 Å². The second-order valence-electron chi connectivity index (χ2n) is 6.11. The van der Waals surface area contributed by atoms with Gasteiger partial charge < -0.3 is 5.32 Å². The quantitative estimate of drug-likeness (QED) is 0.485. The number of nitrogens with zero attached hydrogens (tertiary/aromatic N) is 2. The minimum absolute atomic E-state index is 0.193. The van der Waals surface area contributed by atoms with E-state index in [2.05, 4.69) is 43.9 Å². The van der Waals surface area contributed by atoms with Crippen LogP contribution in [0.15, 0.2) is 33.9 Å². The van der Waals surface area contributed by atoms with Gasteiger partial charge in [0.15, 0.2) is 0 Å². The van der Waals surface area contributed by atoms with Crippen molar-refractivity contribution in [2.24, 2.45) is 9.63 Å². The number of sulfonamides is 1. The van der Waals surface area contributed by atoms with Crippen LogP contribution in [0, 0.1) is 0 Å². The molecule has 134 valence electrons. The molecule has 0 spiro atoms. The fourth-order valence-corrected chi connectivity index (χ4v) is 3.66. The van der Waals surface area contributed by atoms with Crippen LogP contribution in [0.25, 0.3) is 0 Å². The zero-order valence-corrected chi connectivity index (χ0v) is 15.9. The van der Waals surface area contributed by atoms with Gasteiger partial charge in [-0.2, -0.15) is 5.11 Å². The Morgan fingerprint density at radius 1 is 1.17 bits per heavy atom. The maximum absolute atomic E-state index is 11.6. The highest BCUT2D eigenvalue weighted by molar-refractivity contribution is 7.98. The van der Waals surface area contributed by atoms with Crippen molar-refractivity contribution in [3.8, 4) is 0 Å². The van der Waals surface area contributed by atoms with Crippen molar-refractivity contribution in [2.45, 2.75) is 44.4 Å². The van der Waals surface area contributed by atoms with Gasteiger partial charge in [-0.05, 0) is 56.3 Å². The van der Waals surface area contributed by atoms with Gasteiger partial charge >= 0.3 is 0 Å². The van der Waals surface area contributed by atoms with Gasteiger partial charge in [0.05, 0.1) is 5.25 Å². The van der Waals surface area contributed by atoms with Gasteiger partial charge in [-0.15, -0.1) is 4.52 Å². The Kier molecular flexibility index (Phi) is 7.51. The van der Waals surface area contributed by atoms with Crippen LogP contribution in [0.2, 0.25) is 0 Å². The smallest absolute Gasteiger partial charge is 0.213 e. The summed E-state index contributed by atoms with van der Waals surface area (Å²) in [5.41, 5.74) is 2.30. The SMILES string of the molecule is CC(C)S(=O)(=O)NCCCCCNc1ccc(C2CSN=N2)cc1.